The molecule has 0 aromatic heterocycles. The quantitative estimate of drug-likeness (QED) is 0.672. The average Bonchev–Trinajstić information content (AvgIpc) is 3.10. The summed E-state index contributed by atoms with van der Waals surface area (Å²) in [6.45, 7) is 2.86. The number of rotatable bonds is 10. The highest BCUT2D eigenvalue weighted by molar-refractivity contribution is 5.76. The van der Waals surface area contributed by atoms with E-state index in [1.54, 1.807) is 7.11 Å². The van der Waals surface area contributed by atoms with E-state index in [9.17, 15) is 4.79 Å². The summed E-state index contributed by atoms with van der Waals surface area (Å²) in [7, 11) is 1.65. The van der Waals surface area contributed by atoms with Crippen LogP contribution in [0.3, 0.4) is 0 Å². The molecule has 5 nitrogen and oxygen atoms in total. The zero-order valence-electron chi connectivity index (χ0n) is 13.9. The first-order chi connectivity index (χ1) is 11.3. The van der Waals surface area contributed by atoms with Crippen LogP contribution in [0.25, 0.3) is 0 Å². The van der Waals surface area contributed by atoms with Gasteiger partial charge in [0.1, 0.15) is 5.75 Å². The van der Waals surface area contributed by atoms with Gasteiger partial charge in [-0.1, -0.05) is 12.1 Å². The van der Waals surface area contributed by atoms with Gasteiger partial charge in [0, 0.05) is 26.2 Å². The van der Waals surface area contributed by atoms with E-state index in [0.29, 0.717) is 26.2 Å². The summed E-state index contributed by atoms with van der Waals surface area (Å²) in [6.07, 6.45) is 4.59. The molecule has 1 unspecified atom stereocenters. The standard InChI is InChI=1S/C18H27NO4/c1-21-16-8-5-15(6-9-16)7-10-18(20)19-11-3-12-22-14-17-4-2-13-23-17/h5-6,8-9,17H,2-4,7,10-14H2,1H3,(H,19,20). The Hall–Kier alpha value is -1.59. The molecular weight excluding hydrogens is 294 g/mol. The number of hydrogen-bond donors (Lipinski definition) is 1. The van der Waals surface area contributed by atoms with E-state index in [4.69, 9.17) is 14.2 Å². The molecule has 0 radical (unpaired) electrons. The Morgan fingerprint density at radius 3 is 2.87 bits per heavy atom. The van der Waals surface area contributed by atoms with Crippen LogP contribution in [0.4, 0.5) is 0 Å². The van der Waals surface area contributed by atoms with Crippen molar-refractivity contribution < 1.29 is 19.0 Å². The van der Waals surface area contributed by atoms with Crippen molar-refractivity contribution in [1.82, 2.24) is 5.32 Å². The third kappa shape index (κ3) is 7.01. The molecule has 1 aliphatic heterocycles. The molecule has 1 aliphatic rings. The van der Waals surface area contributed by atoms with Crippen LogP contribution < -0.4 is 10.1 Å². The fourth-order valence-corrected chi connectivity index (χ4v) is 2.53. The van der Waals surface area contributed by atoms with Crippen molar-refractivity contribution in [1.29, 1.82) is 0 Å². The molecule has 1 atom stereocenters. The lowest BCUT2D eigenvalue weighted by atomic mass is 10.1. The maximum Gasteiger partial charge on any atom is 0.220 e. The van der Waals surface area contributed by atoms with Crippen LogP contribution in [-0.4, -0.2) is 45.5 Å². The van der Waals surface area contributed by atoms with E-state index >= 15 is 0 Å². The number of aryl methyl sites for hydroxylation is 1. The molecule has 1 saturated heterocycles. The van der Waals surface area contributed by atoms with Crippen molar-refractivity contribution in [3.05, 3.63) is 29.8 Å². The highest BCUT2D eigenvalue weighted by Crippen LogP contribution is 2.13. The van der Waals surface area contributed by atoms with Crippen molar-refractivity contribution in [2.45, 2.75) is 38.2 Å². The van der Waals surface area contributed by atoms with E-state index in [1.807, 2.05) is 24.3 Å². The number of benzene rings is 1. The topological polar surface area (TPSA) is 56.8 Å². The van der Waals surface area contributed by atoms with Crippen LogP contribution in [-0.2, 0) is 20.7 Å². The lowest BCUT2D eigenvalue weighted by Gasteiger charge is -2.10. The van der Waals surface area contributed by atoms with Crippen molar-refractivity contribution in [3.63, 3.8) is 0 Å². The summed E-state index contributed by atoms with van der Waals surface area (Å²) in [5.74, 6) is 0.918. The Morgan fingerprint density at radius 1 is 1.35 bits per heavy atom. The minimum Gasteiger partial charge on any atom is -0.497 e. The average molecular weight is 321 g/mol. The minimum absolute atomic E-state index is 0.0833. The smallest absolute Gasteiger partial charge is 0.220 e. The lowest BCUT2D eigenvalue weighted by Crippen LogP contribution is -2.25. The van der Waals surface area contributed by atoms with Crippen LogP contribution in [0, 0.1) is 0 Å². The molecule has 1 aromatic carbocycles. The van der Waals surface area contributed by atoms with Crippen molar-refractivity contribution >= 4 is 5.91 Å². The third-order valence-corrected chi connectivity index (χ3v) is 3.92. The molecule has 23 heavy (non-hydrogen) atoms. The Morgan fingerprint density at radius 2 is 2.17 bits per heavy atom. The number of ether oxygens (including phenoxy) is 3. The van der Waals surface area contributed by atoms with E-state index in [2.05, 4.69) is 5.32 Å². The summed E-state index contributed by atoms with van der Waals surface area (Å²) in [6, 6.07) is 7.81. The second kappa shape index (κ2) is 10.2. The molecule has 1 heterocycles. The largest absolute Gasteiger partial charge is 0.497 e. The van der Waals surface area contributed by atoms with Crippen LogP contribution in [0.1, 0.15) is 31.2 Å². The molecule has 0 bridgehead atoms. The molecule has 128 valence electrons. The van der Waals surface area contributed by atoms with Crippen molar-refractivity contribution in [3.8, 4) is 5.75 Å². The van der Waals surface area contributed by atoms with Gasteiger partial charge in [-0.05, 0) is 43.4 Å². The van der Waals surface area contributed by atoms with Gasteiger partial charge < -0.3 is 19.5 Å². The molecule has 1 fully saturated rings. The van der Waals surface area contributed by atoms with Crippen molar-refractivity contribution in [2.24, 2.45) is 0 Å². The number of amides is 1. The summed E-state index contributed by atoms with van der Waals surface area (Å²) >= 11 is 0. The van der Waals surface area contributed by atoms with Gasteiger partial charge >= 0.3 is 0 Å². The van der Waals surface area contributed by atoms with Gasteiger partial charge in [-0.3, -0.25) is 4.79 Å². The molecule has 1 N–H and O–H groups in total. The normalized spacial score (nSPS) is 17.2. The SMILES string of the molecule is COc1ccc(CCC(=O)NCCCOCC2CCCO2)cc1. The lowest BCUT2D eigenvalue weighted by molar-refractivity contribution is -0.121. The highest BCUT2D eigenvalue weighted by atomic mass is 16.5. The fraction of sp³-hybridized carbons (Fsp3) is 0.611. The van der Waals surface area contributed by atoms with Gasteiger partial charge in [0.2, 0.25) is 5.91 Å². The third-order valence-electron chi connectivity index (χ3n) is 3.92. The van der Waals surface area contributed by atoms with Crippen LogP contribution in [0.5, 0.6) is 5.75 Å². The zero-order valence-corrected chi connectivity index (χ0v) is 13.9. The summed E-state index contributed by atoms with van der Waals surface area (Å²) in [4.78, 5) is 11.8. The molecule has 2 rings (SSSR count). The second-order valence-corrected chi connectivity index (χ2v) is 5.76. The van der Waals surface area contributed by atoms with Gasteiger partial charge in [-0.25, -0.2) is 0 Å². The molecule has 0 aliphatic carbocycles. The van der Waals surface area contributed by atoms with Crippen LogP contribution >= 0.6 is 0 Å². The first-order valence-corrected chi connectivity index (χ1v) is 8.37. The highest BCUT2D eigenvalue weighted by Gasteiger charge is 2.14. The molecule has 0 spiro atoms. The monoisotopic (exact) mass is 321 g/mol. The minimum atomic E-state index is 0.0833. The molecule has 0 saturated carbocycles. The zero-order chi connectivity index (χ0) is 16.3. The maximum absolute atomic E-state index is 11.8. The van der Waals surface area contributed by atoms with Gasteiger partial charge in [-0.15, -0.1) is 0 Å². The predicted octanol–water partition coefficient (Wildman–Crippen LogP) is 2.33. The van der Waals surface area contributed by atoms with Crippen molar-refractivity contribution in [2.75, 3.05) is 33.5 Å². The number of methoxy groups -OCH3 is 1. The number of hydrogen-bond acceptors (Lipinski definition) is 4. The summed E-state index contributed by atoms with van der Waals surface area (Å²) in [5.41, 5.74) is 1.14. The van der Waals surface area contributed by atoms with Gasteiger partial charge in [-0.2, -0.15) is 0 Å². The van der Waals surface area contributed by atoms with Gasteiger partial charge in [0.25, 0.3) is 0 Å². The second-order valence-electron chi connectivity index (χ2n) is 5.76. The predicted molar refractivity (Wildman–Crippen MR) is 88.7 cm³/mol. The molecule has 1 aromatic rings. The maximum atomic E-state index is 11.8. The molecular formula is C18H27NO4. The number of carbonyl (C=O) groups excluding carboxylic acids is 1. The van der Waals surface area contributed by atoms with Gasteiger partial charge in [0.05, 0.1) is 19.8 Å². The van der Waals surface area contributed by atoms with E-state index in [0.717, 1.165) is 43.6 Å². The van der Waals surface area contributed by atoms with E-state index in [-0.39, 0.29) is 12.0 Å². The molecule has 1 amide bonds. The Bertz CT molecular complexity index is 455. The first-order valence-electron chi connectivity index (χ1n) is 8.37. The van der Waals surface area contributed by atoms with Crippen LogP contribution in [0.15, 0.2) is 24.3 Å². The Labute approximate surface area is 138 Å². The van der Waals surface area contributed by atoms with Gasteiger partial charge in [0.15, 0.2) is 0 Å². The van der Waals surface area contributed by atoms with Crippen LogP contribution in [0.2, 0.25) is 0 Å². The number of carbonyl (C=O) groups is 1. The van der Waals surface area contributed by atoms with E-state index < -0.39 is 0 Å². The molecule has 5 heteroatoms. The fourth-order valence-electron chi connectivity index (χ4n) is 2.53. The Balaban J connectivity index is 1.47. The summed E-state index contributed by atoms with van der Waals surface area (Å²) in [5, 5.41) is 2.93. The Kier molecular flexibility index (Phi) is 7.90. The van der Waals surface area contributed by atoms with E-state index in [1.165, 1.54) is 0 Å². The first kappa shape index (κ1) is 17.8. The number of nitrogens with one attached hydrogen (secondary N) is 1. The summed E-state index contributed by atoms with van der Waals surface area (Å²) < 4.78 is 16.2.